The van der Waals surface area contributed by atoms with Crippen molar-refractivity contribution >= 4 is 23.1 Å². The monoisotopic (exact) mass is 305 g/mol. The second-order valence-electron chi connectivity index (χ2n) is 5.62. The van der Waals surface area contributed by atoms with Crippen molar-refractivity contribution in [3.8, 4) is 5.75 Å². The van der Waals surface area contributed by atoms with E-state index in [0.29, 0.717) is 0 Å². The van der Waals surface area contributed by atoms with Crippen LogP contribution in [0.25, 0.3) is 17.2 Å². The average molecular weight is 305 g/mol. The molecule has 0 saturated heterocycles. The number of fused-ring (bicyclic) bond motifs is 1. The molecule has 3 rings (SSSR count). The summed E-state index contributed by atoms with van der Waals surface area (Å²) in [5, 5.41) is 10.3. The fourth-order valence-corrected chi connectivity index (χ4v) is 3.21. The molecule has 2 aromatic rings. The third-order valence-electron chi connectivity index (χ3n) is 4.14. The van der Waals surface area contributed by atoms with Crippen molar-refractivity contribution < 1.29 is 9.90 Å². The number of nitrogens with two attached hydrogens (primary N) is 1. The van der Waals surface area contributed by atoms with E-state index in [2.05, 4.69) is 13.0 Å². The molecule has 0 aliphatic heterocycles. The molecule has 1 aliphatic carbocycles. The van der Waals surface area contributed by atoms with Crippen molar-refractivity contribution in [3.05, 3.63) is 70.8 Å². The van der Waals surface area contributed by atoms with E-state index in [1.165, 1.54) is 0 Å². The van der Waals surface area contributed by atoms with E-state index in [0.717, 1.165) is 39.8 Å². The van der Waals surface area contributed by atoms with Gasteiger partial charge in [0.25, 0.3) is 0 Å². The Bertz CT molecular complexity index is 817. The van der Waals surface area contributed by atoms with Crippen molar-refractivity contribution in [3.63, 3.8) is 0 Å². The lowest BCUT2D eigenvalue weighted by atomic mass is 9.98. The van der Waals surface area contributed by atoms with Crippen LogP contribution in [0.3, 0.4) is 0 Å². The van der Waals surface area contributed by atoms with Gasteiger partial charge in [-0.25, -0.2) is 0 Å². The Kier molecular flexibility index (Phi) is 4.02. The SMILES string of the molecule is CCC1=C(CC(N)=O)c2c(O)cccc2/C1=C\c1ccccc1. The summed E-state index contributed by atoms with van der Waals surface area (Å²) in [6.07, 6.45) is 3.01. The number of phenols is 1. The molecular weight excluding hydrogens is 286 g/mol. The van der Waals surface area contributed by atoms with Gasteiger partial charge in [0.05, 0.1) is 6.42 Å². The van der Waals surface area contributed by atoms with Crippen molar-refractivity contribution in [2.75, 3.05) is 0 Å². The second-order valence-corrected chi connectivity index (χ2v) is 5.62. The maximum Gasteiger partial charge on any atom is 0.221 e. The van der Waals surface area contributed by atoms with Crippen LogP contribution in [-0.4, -0.2) is 11.0 Å². The number of carbonyl (C=O) groups excluding carboxylic acids is 1. The summed E-state index contributed by atoms with van der Waals surface area (Å²) in [5.74, 6) is -0.192. The number of phenolic OH excluding ortho intramolecular Hbond substituents is 1. The van der Waals surface area contributed by atoms with Gasteiger partial charge >= 0.3 is 0 Å². The highest BCUT2D eigenvalue weighted by molar-refractivity contribution is 6.09. The molecule has 0 unspecified atom stereocenters. The van der Waals surface area contributed by atoms with Crippen molar-refractivity contribution in [1.29, 1.82) is 0 Å². The number of allylic oxidation sites excluding steroid dienone is 2. The molecule has 116 valence electrons. The molecule has 0 bridgehead atoms. The summed E-state index contributed by atoms with van der Waals surface area (Å²) in [6.45, 7) is 2.05. The topological polar surface area (TPSA) is 63.3 Å². The third kappa shape index (κ3) is 2.78. The maximum atomic E-state index is 11.5. The Morgan fingerprint density at radius 3 is 2.48 bits per heavy atom. The smallest absolute Gasteiger partial charge is 0.221 e. The van der Waals surface area contributed by atoms with Gasteiger partial charge < -0.3 is 10.8 Å². The lowest BCUT2D eigenvalue weighted by Crippen LogP contribution is -2.11. The first kappa shape index (κ1) is 15.1. The Balaban J connectivity index is 2.24. The van der Waals surface area contributed by atoms with Crippen molar-refractivity contribution in [2.45, 2.75) is 19.8 Å². The fraction of sp³-hybridized carbons (Fsp3) is 0.150. The number of primary amides is 1. The largest absolute Gasteiger partial charge is 0.507 e. The number of carbonyl (C=O) groups is 1. The lowest BCUT2D eigenvalue weighted by molar-refractivity contribution is -0.117. The molecule has 0 atom stereocenters. The second kappa shape index (κ2) is 6.13. The molecule has 0 spiro atoms. The van der Waals surface area contributed by atoms with E-state index in [9.17, 15) is 9.90 Å². The quantitative estimate of drug-likeness (QED) is 0.897. The van der Waals surface area contributed by atoms with Gasteiger partial charge in [0, 0.05) is 5.56 Å². The molecule has 2 aromatic carbocycles. The minimum Gasteiger partial charge on any atom is -0.507 e. The van der Waals surface area contributed by atoms with Gasteiger partial charge in [-0.3, -0.25) is 4.79 Å². The number of amides is 1. The number of aromatic hydroxyl groups is 1. The molecular formula is C20H19NO2. The average Bonchev–Trinajstić information content (AvgIpc) is 2.82. The predicted octanol–water partition coefficient (Wildman–Crippen LogP) is 3.99. The number of hydrogen-bond acceptors (Lipinski definition) is 2. The summed E-state index contributed by atoms with van der Waals surface area (Å²) in [6, 6.07) is 15.5. The maximum absolute atomic E-state index is 11.5. The normalized spacial score (nSPS) is 15.1. The van der Waals surface area contributed by atoms with E-state index in [4.69, 9.17) is 5.73 Å². The standard InChI is InChI=1S/C20H19NO2/c1-2-14-16(11-13-7-4-3-5-8-13)15-9-6-10-18(22)20(15)17(14)12-19(21)23/h3-11,22H,2,12H2,1H3,(H2,21,23)/b16-11-. The van der Waals surface area contributed by atoms with Gasteiger partial charge in [0.1, 0.15) is 5.75 Å². The number of rotatable bonds is 4. The molecule has 23 heavy (non-hydrogen) atoms. The molecule has 3 nitrogen and oxygen atoms in total. The molecule has 0 aromatic heterocycles. The first-order valence-corrected chi connectivity index (χ1v) is 7.72. The van der Waals surface area contributed by atoms with E-state index in [-0.39, 0.29) is 18.1 Å². The minimum absolute atomic E-state index is 0.139. The molecule has 0 saturated carbocycles. The Labute approximate surface area is 135 Å². The van der Waals surface area contributed by atoms with E-state index in [1.807, 2.05) is 42.5 Å². The predicted molar refractivity (Wildman–Crippen MR) is 93.4 cm³/mol. The van der Waals surface area contributed by atoms with Crippen LogP contribution in [0, 0.1) is 0 Å². The molecule has 0 fully saturated rings. The number of benzene rings is 2. The highest BCUT2D eigenvalue weighted by Gasteiger charge is 2.28. The van der Waals surface area contributed by atoms with Gasteiger partial charge in [-0.2, -0.15) is 0 Å². The zero-order valence-corrected chi connectivity index (χ0v) is 13.0. The van der Waals surface area contributed by atoms with Gasteiger partial charge in [0.15, 0.2) is 0 Å². The summed E-state index contributed by atoms with van der Waals surface area (Å²) in [7, 11) is 0. The summed E-state index contributed by atoms with van der Waals surface area (Å²) in [4.78, 5) is 11.5. The van der Waals surface area contributed by atoms with Gasteiger partial charge in [-0.05, 0) is 46.4 Å². The molecule has 0 radical (unpaired) electrons. The van der Waals surface area contributed by atoms with Crippen LogP contribution in [0.15, 0.2) is 54.1 Å². The van der Waals surface area contributed by atoms with Gasteiger partial charge in [0.2, 0.25) is 5.91 Å². The van der Waals surface area contributed by atoms with Crippen LogP contribution < -0.4 is 5.73 Å². The summed E-state index contributed by atoms with van der Waals surface area (Å²) >= 11 is 0. The summed E-state index contributed by atoms with van der Waals surface area (Å²) < 4.78 is 0. The first-order chi connectivity index (χ1) is 11.1. The van der Waals surface area contributed by atoms with Crippen molar-refractivity contribution in [2.24, 2.45) is 5.73 Å². The lowest BCUT2D eigenvalue weighted by Gasteiger charge is -2.06. The molecule has 1 aliphatic rings. The first-order valence-electron chi connectivity index (χ1n) is 7.72. The summed E-state index contributed by atoms with van der Waals surface area (Å²) in [5.41, 5.74) is 11.2. The Morgan fingerprint density at radius 2 is 1.83 bits per heavy atom. The minimum atomic E-state index is -0.388. The number of hydrogen-bond donors (Lipinski definition) is 2. The fourth-order valence-electron chi connectivity index (χ4n) is 3.21. The Hall–Kier alpha value is -2.81. The van der Waals surface area contributed by atoms with Gasteiger partial charge in [-0.15, -0.1) is 0 Å². The molecule has 3 N–H and O–H groups in total. The van der Waals surface area contributed by atoms with E-state index in [1.54, 1.807) is 6.07 Å². The van der Waals surface area contributed by atoms with Crippen LogP contribution in [0.1, 0.15) is 36.5 Å². The van der Waals surface area contributed by atoms with Crippen LogP contribution >= 0.6 is 0 Å². The zero-order valence-electron chi connectivity index (χ0n) is 13.0. The highest BCUT2D eigenvalue weighted by atomic mass is 16.3. The van der Waals surface area contributed by atoms with Crippen LogP contribution in [0.2, 0.25) is 0 Å². The van der Waals surface area contributed by atoms with Gasteiger partial charge in [-0.1, -0.05) is 49.4 Å². The van der Waals surface area contributed by atoms with Crippen molar-refractivity contribution in [1.82, 2.24) is 0 Å². The molecule has 1 amide bonds. The van der Waals surface area contributed by atoms with E-state index < -0.39 is 0 Å². The van der Waals surface area contributed by atoms with E-state index >= 15 is 0 Å². The molecule has 0 heterocycles. The van der Waals surface area contributed by atoms with Crippen LogP contribution in [0.4, 0.5) is 0 Å². The highest BCUT2D eigenvalue weighted by Crippen LogP contribution is 2.48. The van der Waals surface area contributed by atoms with Crippen LogP contribution in [0.5, 0.6) is 5.75 Å². The third-order valence-corrected chi connectivity index (χ3v) is 4.14. The zero-order chi connectivity index (χ0) is 16.4. The molecule has 3 heteroatoms. The van der Waals surface area contributed by atoms with Crippen LogP contribution in [-0.2, 0) is 4.79 Å². The Morgan fingerprint density at radius 1 is 1.09 bits per heavy atom.